The first kappa shape index (κ1) is 19.2. The lowest BCUT2D eigenvalue weighted by molar-refractivity contribution is -0.123. The Morgan fingerprint density at radius 2 is 1.88 bits per heavy atom. The normalized spacial score (nSPS) is 14.8. The molecular formula is C18H27N3O4. The van der Waals surface area contributed by atoms with Gasteiger partial charge in [-0.25, -0.2) is 0 Å². The van der Waals surface area contributed by atoms with Gasteiger partial charge in [-0.2, -0.15) is 0 Å². The number of morpholine rings is 1. The average molecular weight is 349 g/mol. The van der Waals surface area contributed by atoms with Crippen LogP contribution in [0.3, 0.4) is 0 Å². The number of hydrogen-bond donors (Lipinski definition) is 2. The van der Waals surface area contributed by atoms with Crippen LogP contribution in [0.1, 0.15) is 19.8 Å². The van der Waals surface area contributed by atoms with Crippen LogP contribution in [0.4, 0.5) is 5.69 Å². The zero-order valence-corrected chi connectivity index (χ0v) is 14.8. The molecule has 0 spiro atoms. The average Bonchev–Trinajstić information content (AvgIpc) is 2.65. The first-order valence-corrected chi connectivity index (χ1v) is 8.77. The first-order chi connectivity index (χ1) is 12.2. The standard InChI is InChI=1S/C18H27N3O4/c1-2-17(22)20-15-4-6-16(7-5-15)25-14-18(23)19-8-3-9-21-10-12-24-13-11-21/h4-7H,2-3,8-14H2,1H3,(H,19,23)(H,20,22). The van der Waals surface area contributed by atoms with Crippen molar-refractivity contribution in [2.75, 3.05) is 51.3 Å². The van der Waals surface area contributed by atoms with Gasteiger partial charge >= 0.3 is 0 Å². The number of ether oxygens (including phenoxy) is 2. The third kappa shape index (κ3) is 7.53. The van der Waals surface area contributed by atoms with Crippen molar-refractivity contribution in [3.05, 3.63) is 24.3 Å². The van der Waals surface area contributed by atoms with Crippen LogP contribution in [-0.4, -0.2) is 62.7 Å². The van der Waals surface area contributed by atoms with Gasteiger partial charge in [0.2, 0.25) is 5.91 Å². The summed E-state index contributed by atoms with van der Waals surface area (Å²) in [7, 11) is 0. The molecule has 1 heterocycles. The molecule has 2 N–H and O–H groups in total. The van der Waals surface area contributed by atoms with Crippen LogP contribution in [0.2, 0.25) is 0 Å². The molecule has 1 aromatic rings. The highest BCUT2D eigenvalue weighted by atomic mass is 16.5. The summed E-state index contributed by atoms with van der Waals surface area (Å²) in [5.41, 5.74) is 0.715. The van der Waals surface area contributed by atoms with Crippen LogP contribution in [0.15, 0.2) is 24.3 Å². The molecule has 138 valence electrons. The van der Waals surface area contributed by atoms with Gasteiger partial charge in [-0.05, 0) is 37.2 Å². The zero-order valence-electron chi connectivity index (χ0n) is 14.8. The van der Waals surface area contributed by atoms with Crippen molar-refractivity contribution in [1.29, 1.82) is 0 Å². The zero-order chi connectivity index (χ0) is 17.9. The minimum absolute atomic E-state index is 0.0157. The van der Waals surface area contributed by atoms with Crippen LogP contribution in [0, 0.1) is 0 Å². The molecule has 1 aromatic carbocycles. The lowest BCUT2D eigenvalue weighted by atomic mass is 10.3. The SMILES string of the molecule is CCC(=O)Nc1ccc(OCC(=O)NCCCN2CCOCC2)cc1. The fourth-order valence-corrected chi connectivity index (χ4v) is 2.44. The Hall–Kier alpha value is -2.12. The molecule has 0 aromatic heterocycles. The van der Waals surface area contributed by atoms with Gasteiger partial charge in [0.25, 0.3) is 5.91 Å². The second-order valence-electron chi connectivity index (χ2n) is 5.87. The number of carbonyl (C=O) groups excluding carboxylic acids is 2. The van der Waals surface area contributed by atoms with Crippen molar-refractivity contribution in [2.24, 2.45) is 0 Å². The van der Waals surface area contributed by atoms with Crippen molar-refractivity contribution >= 4 is 17.5 Å². The van der Waals surface area contributed by atoms with Crippen LogP contribution in [-0.2, 0) is 14.3 Å². The molecule has 0 unspecified atom stereocenters. The number of nitrogens with one attached hydrogen (secondary N) is 2. The Morgan fingerprint density at radius 1 is 1.16 bits per heavy atom. The number of hydrogen-bond acceptors (Lipinski definition) is 5. The molecule has 0 aliphatic carbocycles. The highest BCUT2D eigenvalue weighted by Crippen LogP contribution is 2.15. The van der Waals surface area contributed by atoms with Crippen molar-refractivity contribution in [1.82, 2.24) is 10.2 Å². The van der Waals surface area contributed by atoms with Gasteiger partial charge in [0, 0.05) is 31.7 Å². The molecule has 0 radical (unpaired) electrons. The summed E-state index contributed by atoms with van der Waals surface area (Å²) in [6, 6.07) is 6.97. The van der Waals surface area contributed by atoms with Crippen LogP contribution in [0.5, 0.6) is 5.75 Å². The minimum atomic E-state index is -0.134. The van der Waals surface area contributed by atoms with Gasteiger partial charge < -0.3 is 20.1 Å². The molecule has 1 aliphatic heterocycles. The van der Waals surface area contributed by atoms with E-state index in [0.29, 0.717) is 24.4 Å². The fourth-order valence-electron chi connectivity index (χ4n) is 2.44. The number of rotatable bonds is 9. The van der Waals surface area contributed by atoms with E-state index in [1.54, 1.807) is 31.2 Å². The van der Waals surface area contributed by atoms with E-state index in [2.05, 4.69) is 15.5 Å². The molecule has 2 amide bonds. The molecule has 0 atom stereocenters. The van der Waals surface area contributed by atoms with Gasteiger partial charge in [0.1, 0.15) is 5.75 Å². The maximum absolute atomic E-state index is 11.8. The van der Waals surface area contributed by atoms with E-state index >= 15 is 0 Å². The van der Waals surface area contributed by atoms with Crippen molar-refractivity contribution in [3.8, 4) is 5.75 Å². The van der Waals surface area contributed by atoms with E-state index in [0.717, 1.165) is 39.3 Å². The summed E-state index contributed by atoms with van der Waals surface area (Å²) >= 11 is 0. The molecule has 7 heteroatoms. The van der Waals surface area contributed by atoms with Gasteiger partial charge in [-0.3, -0.25) is 14.5 Å². The lowest BCUT2D eigenvalue weighted by Crippen LogP contribution is -2.38. The number of anilines is 1. The summed E-state index contributed by atoms with van der Waals surface area (Å²) < 4.78 is 10.8. The van der Waals surface area contributed by atoms with Crippen LogP contribution in [0.25, 0.3) is 0 Å². The van der Waals surface area contributed by atoms with Crippen molar-refractivity contribution in [2.45, 2.75) is 19.8 Å². The Kier molecular flexibility index (Phi) is 8.21. The number of amides is 2. The molecule has 1 saturated heterocycles. The predicted octanol–water partition coefficient (Wildman–Crippen LogP) is 1.25. The van der Waals surface area contributed by atoms with E-state index in [-0.39, 0.29) is 18.4 Å². The number of nitrogens with zero attached hydrogens (tertiary/aromatic N) is 1. The molecular weight excluding hydrogens is 322 g/mol. The van der Waals surface area contributed by atoms with Gasteiger partial charge in [0.05, 0.1) is 13.2 Å². The highest BCUT2D eigenvalue weighted by molar-refractivity contribution is 5.90. The van der Waals surface area contributed by atoms with Crippen molar-refractivity contribution < 1.29 is 19.1 Å². The smallest absolute Gasteiger partial charge is 0.257 e. The molecule has 1 aliphatic rings. The molecule has 25 heavy (non-hydrogen) atoms. The summed E-state index contributed by atoms with van der Waals surface area (Å²) in [6.07, 6.45) is 1.35. The largest absolute Gasteiger partial charge is 0.484 e. The topological polar surface area (TPSA) is 79.9 Å². The molecule has 2 rings (SSSR count). The van der Waals surface area contributed by atoms with Gasteiger partial charge in [-0.15, -0.1) is 0 Å². The van der Waals surface area contributed by atoms with Crippen molar-refractivity contribution in [3.63, 3.8) is 0 Å². The quantitative estimate of drug-likeness (QED) is 0.656. The number of benzene rings is 1. The van der Waals surface area contributed by atoms with Crippen LogP contribution < -0.4 is 15.4 Å². The predicted molar refractivity (Wildman–Crippen MR) is 95.7 cm³/mol. The second kappa shape index (κ2) is 10.7. The molecule has 0 saturated carbocycles. The lowest BCUT2D eigenvalue weighted by Gasteiger charge is -2.26. The highest BCUT2D eigenvalue weighted by Gasteiger charge is 2.09. The summed E-state index contributed by atoms with van der Waals surface area (Å²) in [6.45, 7) is 6.90. The first-order valence-electron chi connectivity index (χ1n) is 8.77. The van der Waals surface area contributed by atoms with E-state index < -0.39 is 0 Å². The monoisotopic (exact) mass is 349 g/mol. The van der Waals surface area contributed by atoms with Crippen LogP contribution >= 0.6 is 0 Å². The van der Waals surface area contributed by atoms with Gasteiger partial charge in [0.15, 0.2) is 6.61 Å². The van der Waals surface area contributed by atoms with E-state index in [4.69, 9.17) is 9.47 Å². The molecule has 1 fully saturated rings. The Balaban J connectivity index is 1.58. The third-order valence-electron chi connectivity index (χ3n) is 3.91. The maximum Gasteiger partial charge on any atom is 0.257 e. The number of carbonyl (C=O) groups is 2. The Bertz CT molecular complexity index is 542. The molecule has 7 nitrogen and oxygen atoms in total. The Labute approximate surface area is 148 Å². The fraction of sp³-hybridized carbons (Fsp3) is 0.556. The van der Waals surface area contributed by atoms with E-state index in [1.807, 2.05) is 0 Å². The summed E-state index contributed by atoms with van der Waals surface area (Å²) in [4.78, 5) is 25.4. The summed E-state index contributed by atoms with van der Waals surface area (Å²) in [5.74, 6) is 0.424. The second-order valence-corrected chi connectivity index (χ2v) is 5.87. The van der Waals surface area contributed by atoms with E-state index in [9.17, 15) is 9.59 Å². The maximum atomic E-state index is 11.8. The minimum Gasteiger partial charge on any atom is -0.484 e. The van der Waals surface area contributed by atoms with E-state index in [1.165, 1.54) is 0 Å². The molecule has 0 bridgehead atoms. The van der Waals surface area contributed by atoms with Gasteiger partial charge in [-0.1, -0.05) is 6.92 Å². The summed E-state index contributed by atoms with van der Waals surface area (Å²) in [5, 5.41) is 5.62. The third-order valence-corrected chi connectivity index (χ3v) is 3.91. The Morgan fingerprint density at radius 3 is 2.56 bits per heavy atom.